The molecule has 0 aromatic carbocycles. The third-order valence-electron chi connectivity index (χ3n) is 3.74. The summed E-state index contributed by atoms with van der Waals surface area (Å²) in [6.07, 6.45) is 7.02. The van der Waals surface area contributed by atoms with E-state index >= 15 is 0 Å². The van der Waals surface area contributed by atoms with Crippen LogP contribution in [0, 0.1) is 0 Å². The lowest BCUT2D eigenvalue weighted by molar-refractivity contribution is -0.164. The van der Waals surface area contributed by atoms with Gasteiger partial charge in [-0.3, -0.25) is 0 Å². The molecule has 136 valence electrons. The lowest BCUT2D eigenvalue weighted by atomic mass is 9.92. The second-order valence-electron chi connectivity index (χ2n) is 5.75. The Hall–Kier alpha value is -0.810. The zero-order valence-corrected chi connectivity index (χ0v) is 15.5. The molecule has 0 aromatic rings. The molecule has 1 atom stereocenters. The fourth-order valence-corrected chi connectivity index (χ4v) is 2.65. The highest BCUT2D eigenvalue weighted by Crippen LogP contribution is 2.20. The number of carbonyl (C=O) groups is 2. The van der Waals surface area contributed by atoms with Crippen LogP contribution in [0.1, 0.15) is 72.1 Å². The molecule has 0 fully saturated rings. The van der Waals surface area contributed by atoms with Gasteiger partial charge in [-0.05, 0) is 33.1 Å². The normalized spacial score (nSPS) is 12.7. The molecule has 0 aliphatic carbocycles. The number of ether oxygens (including phenoxy) is 2. The third kappa shape index (κ3) is 8.56. The van der Waals surface area contributed by atoms with Crippen molar-refractivity contribution in [1.29, 1.82) is 0 Å². The molecule has 0 amide bonds. The number of unbranched alkanes of at least 4 members (excludes halogenated alkanes) is 3. The average Bonchev–Trinajstić information content (AvgIpc) is 2.52. The molecule has 0 aromatic heterocycles. The number of alkyl halides is 1. The summed E-state index contributed by atoms with van der Waals surface area (Å²) < 4.78 is 9.85. The van der Waals surface area contributed by atoms with Gasteiger partial charge >= 0.3 is 11.9 Å². The summed E-state index contributed by atoms with van der Waals surface area (Å²) in [5.41, 5.74) is 4.28. The molecule has 1 unspecified atom stereocenters. The van der Waals surface area contributed by atoms with E-state index in [9.17, 15) is 9.59 Å². The Labute approximate surface area is 145 Å². The SMILES string of the molecule is CCCCCC(Cl)CCCCC(N)(C(=O)OCC)C(=O)OCC. The van der Waals surface area contributed by atoms with Gasteiger partial charge in [-0.15, -0.1) is 11.6 Å². The van der Waals surface area contributed by atoms with Gasteiger partial charge < -0.3 is 15.2 Å². The third-order valence-corrected chi connectivity index (χ3v) is 4.18. The second-order valence-corrected chi connectivity index (χ2v) is 6.37. The summed E-state index contributed by atoms with van der Waals surface area (Å²) in [6, 6.07) is 0. The molecule has 0 radical (unpaired) electrons. The van der Waals surface area contributed by atoms with Gasteiger partial charge in [0, 0.05) is 5.38 Å². The number of rotatable bonds is 13. The van der Waals surface area contributed by atoms with E-state index in [2.05, 4.69) is 6.92 Å². The van der Waals surface area contributed by atoms with Gasteiger partial charge in [0.05, 0.1) is 13.2 Å². The Morgan fingerprint density at radius 2 is 1.43 bits per heavy atom. The first-order valence-corrected chi connectivity index (χ1v) is 9.13. The predicted octanol–water partition coefficient (Wildman–Crippen LogP) is 3.56. The van der Waals surface area contributed by atoms with Crippen molar-refractivity contribution >= 4 is 23.5 Å². The number of hydrogen-bond acceptors (Lipinski definition) is 5. The van der Waals surface area contributed by atoms with Crippen molar-refractivity contribution in [3.63, 3.8) is 0 Å². The highest BCUT2D eigenvalue weighted by molar-refractivity contribution is 6.20. The van der Waals surface area contributed by atoms with Crippen molar-refractivity contribution in [3.05, 3.63) is 0 Å². The molecule has 0 rings (SSSR count). The Kier molecular flexibility index (Phi) is 12.1. The van der Waals surface area contributed by atoms with Crippen LogP contribution in [0.5, 0.6) is 0 Å². The van der Waals surface area contributed by atoms with Crippen LogP contribution in [-0.4, -0.2) is 36.1 Å². The summed E-state index contributed by atoms with van der Waals surface area (Å²) in [4.78, 5) is 24.0. The number of carbonyl (C=O) groups excluding carboxylic acids is 2. The fraction of sp³-hybridized carbons (Fsp3) is 0.882. The highest BCUT2D eigenvalue weighted by atomic mass is 35.5. The molecule has 0 bridgehead atoms. The summed E-state index contributed by atoms with van der Waals surface area (Å²) in [6.45, 7) is 5.88. The van der Waals surface area contributed by atoms with E-state index in [1.807, 2.05) is 0 Å². The zero-order valence-electron chi connectivity index (χ0n) is 14.7. The van der Waals surface area contributed by atoms with E-state index in [1.54, 1.807) is 13.8 Å². The molecule has 0 heterocycles. The van der Waals surface area contributed by atoms with Gasteiger partial charge in [0.2, 0.25) is 5.54 Å². The predicted molar refractivity (Wildman–Crippen MR) is 92.4 cm³/mol. The lowest BCUT2D eigenvalue weighted by Gasteiger charge is -2.24. The maximum Gasteiger partial charge on any atom is 0.337 e. The minimum Gasteiger partial charge on any atom is -0.464 e. The van der Waals surface area contributed by atoms with E-state index in [1.165, 1.54) is 12.8 Å². The molecule has 6 heteroatoms. The van der Waals surface area contributed by atoms with Crippen LogP contribution in [0.25, 0.3) is 0 Å². The van der Waals surface area contributed by atoms with Crippen LogP contribution in [0.4, 0.5) is 0 Å². The first kappa shape index (κ1) is 22.2. The summed E-state index contributed by atoms with van der Waals surface area (Å²) in [5.74, 6) is -1.44. The Morgan fingerprint density at radius 1 is 0.957 bits per heavy atom. The van der Waals surface area contributed by atoms with Crippen molar-refractivity contribution in [1.82, 2.24) is 0 Å². The lowest BCUT2D eigenvalue weighted by Crippen LogP contribution is -2.56. The number of nitrogens with two attached hydrogens (primary N) is 1. The highest BCUT2D eigenvalue weighted by Gasteiger charge is 2.44. The van der Waals surface area contributed by atoms with Crippen molar-refractivity contribution in [3.8, 4) is 0 Å². The van der Waals surface area contributed by atoms with Crippen LogP contribution in [0.15, 0.2) is 0 Å². The molecule has 0 aliphatic rings. The average molecular weight is 350 g/mol. The molecule has 2 N–H and O–H groups in total. The molecule has 0 aliphatic heterocycles. The van der Waals surface area contributed by atoms with Gasteiger partial charge in [0.1, 0.15) is 0 Å². The van der Waals surface area contributed by atoms with Crippen molar-refractivity contribution in [2.45, 2.75) is 83.1 Å². The van der Waals surface area contributed by atoms with Crippen molar-refractivity contribution < 1.29 is 19.1 Å². The largest absolute Gasteiger partial charge is 0.464 e. The smallest absolute Gasteiger partial charge is 0.337 e. The zero-order chi connectivity index (χ0) is 17.7. The summed E-state index contributed by atoms with van der Waals surface area (Å²) >= 11 is 6.28. The van der Waals surface area contributed by atoms with E-state index in [-0.39, 0.29) is 25.0 Å². The Morgan fingerprint density at radius 3 is 1.87 bits per heavy atom. The molecular formula is C17H32ClNO4. The molecule has 5 nitrogen and oxygen atoms in total. The fourth-order valence-electron chi connectivity index (χ4n) is 2.34. The number of hydrogen-bond donors (Lipinski definition) is 1. The van der Waals surface area contributed by atoms with Crippen LogP contribution in [0.2, 0.25) is 0 Å². The standard InChI is InChI=1S/C17H32ClNO4/c1-4-7-8-11-14(18)12-9-10-13-17(19,15(20)22-5-2)16(21)23-6-3/h14H,4-13,19H2,1-3H3. The monoisotopic (exact) mass is 349 g/mol. The van der Waals surface area contributed by atoms with Crippen molar-refractivity contribution in [2.24, 2.45) is 5.73 Å². The van der Waals surface area contributed by atoms with Gasteiger partial charge in [-0.1, -0.05) is 39.0 Å². The van der Waals surface area contributed by atoms with Crippen molar-refractivity contribution in [2.75, 3.05) is 13.2 Å². The first-order valence-electron chi connectivity index (χ1n) is 8.69. The van der Waals surface area contributed by atoms with Gasteiger partial charge in [-0.2, -0.15) is 0 Å². The topological polar surface area (TPSA) is 78.6 Å². The number of esters is 2. The summed E-state index contributed by atoms with van der Waals surface area (Å²) in [7, 11) is 0. The molecule has 0 spiro atoms. The van der Waals surface area contributed by atoms with Gasteiger partial charge in [0.15, 0.2) is 0 Å². The molecule has 0 saturated carbocycles. The number of halogens is 1. The van der Waals surface area contributed by atoms with Crippen LogP contribution in [-0.2, 0) is 19.1 Å². The summed E-state index contributed by atoms with van der Waals surface area (Å²) in [5, 5.41) is 0.138. The van der Waals surface area contributed by atoms with Gasteiger partial charge in [0.25, 0.3) is 0 Å². The molecular weight excluding hydrogens is 318 g/mol. The second kappa shape index (κ2) is 12.6. The Balaban J connectivity index is 4.34. The quantitative estimate of drug-likeness (QED) is 0.238. The minimum absolute atomic E-state index is 0.138. The molecule has 23 heavy (non-hydrogen) atoms. The molecule has 0 saturated heterocycles. The van der Waals surface area contributed by atoms with Crippen LogP contribution in [0.3, 0.4) is 0 Å². The van der Waals surface area contributed by atoms with Crippen LogP contribution >= 0.6 is 11.6 Å². The Bertz CT molecular complexity index is 331. The maximum atomic E-state index is 12.0. The van der Waals surface area contributed by atoms with E-state index < -0.39 is 17.5 Å². The van der Waals surface area contributed by atoms with E-state index in [4.69, 9.17) is 26.8 Å². The maximum absolute atomic E-state index is 12.0. The van der Waals surface area contributed by atoms with E-state index in [0.717, 1.165) is 25.7 Å². The minimum atomic E-state index is -1.71. The first-order chi connectivity index (χ1) is 10.9. The van der Waals surface area contributed by atoms with Gasteiger partial charge in [-0.25, -0.2) is 9.59 Å². The van der Waals surface area contributed by atoms with E-state index in [0.29, 0.717) is 6.42 Å². The van der Waals surface area contributed by atoms with Crippen LogP contribution < -0.4 is 5.73 Å².